The number of ether oxygens (including phenoxy) is 3. The van der Waals surface area contributed by atoms with Crippen molar-refractivity contribution in [2.75, 3.05) is 27.4 Å². The first kappa shape index (κ1) is 16.7. The summed E-state index contributed by atoms with van der Waals surface area (Å²) in [6.45, 7) is 3.68. The van der Waals surface area contributed by atoms with E-state index in [1.165, 1.54) is 16.7 Å². The van der Waals surface area contributed by atoms with E-state index in [1.54, 1.807) is 14.2 Å². The molecule has 3 rings (SSSR count). The lowest BCUT2D eigenvalue weighted by atomic mass is 9.94. The minimum Gasteiger partial charge on any atom is -0.493 e. The zero-order valence-electron chi connectivity index (χ0n) is 14.6. The highest BCUT2D eigenvalue weighted by Crippen LogP contribution is 2.35. The molecule has 0 saturated carbocycles. The second kappa shape index (κ2) is 7.58. The Hall–Kier alpha value is -2.20. The molecule has 0 amide bonds. The van der Waals surface area contributed by atoms with Crippen molar-refractivity contribution in [3.05, 3.63) is 53.1 Å². The fourth-order valence-corrected chi connectivity index (χ4v) is 3.12. The van der Waals surface area contributed by atoms with Crippen LogP contribution in [0.1, 0.15) is 29.7 Å². The van der Waals surface area contributed by atoms with Gasteiger partial charge in [-0.1, -0.05) is 19.1 Å². The molecule has 0 saturated heterocycles. The summed E-state index contributed by atoms with van der Waals surface area (Å²) in [5.41, 5.74) is 3.84. The van der Waals surface area contributed by atoms with Crippen LogP contribution >= 0.6 is 0 Å². The molecular weight excluding hydrogens is 302 g/mol. The molecule has 4 heteroatoms. The molecule has 0 spiro atoms. The van der Waals surface area contributed by atoms with Gasteiger partial charge in [0.05, 0.1) is 20.3 Å². The minimum absolute atomic E-state index is 0.152. The molecule has 24 heavy (non-hydrogen) atoms. The first-order valence-electron chi connectivity index (χ1n) is 8.45. The number of rotatable bonds is 6. The van der Waals surface area contributed by atoms with Gasteiger partial charge in [-0.2, -0.15) is 0 Å². The molecule has 0 radical (unpaired) electrons. The Bertz CT molecular complexity index is 682. The normalized spacial score (nSPS) is 16.4. The van der Waals surface area contributed by atoms with Crippen molar-refractivity contribution in [3.63, 3.8) is 0 Å². The monoisotopic (exact) mass is 327 g/mol. The topological polar surface area (TPSA) is 39.7 Å². The van der Waals surface area contributed by atoms with Crippen LogP contribution < -0.4 is 19.5 Å². The van der Waals surface area contributed by atoms with Crippen molar-refractivity contribution in [2.45, 2.75) is 25.8 Å². The van der Waals surface area contributed by atoms with Crippen LogP contribution in [0.15, 0.2) is 36.4 Å². The van der Waals surface area contributed by atoms with Crippen molar-refractivity contribution in [3.8, 4) is 17.2 Å². The van der Waals surface area contributed by atoms with E-state index < -0.39 is 0 Å². The average Bonchev–Trinajstić information content (AvgIpc) is 2.65. The van der Waals surface area contributed by atoms with Crippen LogP contribution in [0.4, 0.5) is 0 Å². The third kappa shape index (κ3) is 3.49. The summed E-state index contributed by atoms with van der Waals surface area (Å²) < 4.78 is 16.9. The van der Waals surface area contributed by atoms with Gasteiger partial charge in [-0.05, 0) is 60.3 Å². The van der Waals surface area contributed by atoms with Crippen LogP contribution in [0, 0.1) is 0 Å². The number of hydrogen-bond donors (Lipinski definition) is 1. The Morgan fingerprint density at radius 1 is 1.04 bits per heavy atom. The standard InChI is InChI=1S/C20H25NO3/c1-4-14-5-7-16(8-6-14)24-13-18-17-12-20(23-3)19(22-2)11-15(17)9-10-21-18/h5-8,11-12,18,21H,4,9-10,13H2,1-3H3/t18-/m0/s1. The van der Waals surface area contributed by atoms with Gasteiger partial charge in [-0.25, -0.2) is 0 Å². The lowest BCUT2D eigenvalue weighted by molar-refractivity contribution is 0.260. The highest BCUT2D eigenvalue weighted by molar-refractivity contribution is 5.49. The van der Waals surface area contributed by atoms with Crippen molar-refractivity contribution >= 4 is 0 Å². The fourth-order valence-electron chi connectivity index (χ4n) is 3.12. The number of benzene rings is 2. The zero-order chi connectivity index (χ0) is 16.9. The van der Waals surface area contributed by atoms with Gasteiger partial charge in [-0.3, -0.25) is 0 Å². The van der Waals surface area contributed by atoms with Gasteiger partial charge in [0.25, 0.3) is 0 Å². The first-order chi connectivity index (χ1) is 11.7. The quantitative estimate of drug-likeness (QED) is 0.881. The highest BCUT2D eigenvalue weighted by atomic mass is 16.5. The van der Waals surface area contributed by atoms with Gasteiger partial charge in [0.15, 0.2) is 11.5 Å². The summed E-state index contributed by atoms with van der Waals surface area (Å²) in [6, 6.07) is 12.6. The second-order valence-corrected chi connectivity index (χ2v) is 5.97. The molecule has 1 atom stereocenters. The van der Waals surface area contributed by atoms with E-state index in [-0.39, 0.29) is 6.04 Å². The predicted molar refractivity (Wildman–Crippen MR) is 95.3 cm³/mol. The predicted octanol–water partition coefficient (Wildman–Crippen LogP) is 3.53. The lowest BCUT2D eigenvalue weighted by Gasteiger charge is -2.28. The SMILES string of the molecule is CCc1ccc(OC[C@@H]2NCCc3cc(OC)c(OC)cc32)cc1. The molecule has 2 aromatic rings. The number of methoxy groups -OCH3 is 2. The van der Waals surface area contributed by atoms with Gasteiger partial charge in [0.1, 0.15) is 12.4 Å². The first-order valence-corrected chi connectivity index (χ1v) is 8.45. The van der Waals surface area contributed by atoms with Crippen LogP contribution in [0.25, 0.3) is 0 Å². The molecule has 0 aromatic heterocycles. The van der Waals surface area contributed by atoms with Crippen LogP contribution in [0.2, 0.25) is 0 Å². The summed E-state index contributed by atoms with van der Waals surface area (Å²) in [6.07, 6.45) is 2.02. The van der Waals surface area contributed by atoms with Crippen molar-refractivity contribution in [1.29, 1.82) is 0 Å². The second-order valence-electron chi connectivity index (χ2n) is 5.97. The van der Waals surface area contributed by atoms with Crippen LogP contribution in [-0.4, -0.2) is 27.4 Å². The maximum Gasteiger partial charge on any atom is 0.161 e. The van der Waals surface area contributed by atoms with Crippen LogP contribution in [0.5, 0.6) is 17.2 Å². The molecule has 0 bridgehead atoms. The Morgan fingerprint density at radius 3 is 2.42 bits per heavy atom. The fraction of sp³-hybridized carbons (Fsp3) is 0.400. The van der Waals surface area contributed by atoms with Crippen molar-refractivity contribution in [1.82, 2.24) is 5.32 Å². The minimum atomic E-state index is 0.152. The maximum atomic E-state index is 6.00. The molecule has 0 unspecified atom stereocenters. The summed E-state index contributed by atoms with van der Waals surface area (Å²) in [7, 11) is 3.34. The van der Waals surface area contributed by atoms with E-state index in [4.69, 9.17) is 14.2 Å². The van der Waals surface area contributed by atoms with E-state index >= 15 is 0 Å². The van der Waals surface area contributed by atoms with Gasteiger partial charge in [0, 0.05) is 0 Å². The zero-order valence-corrected chi connectivity index (χ0v) is 14.6. The average molecular weight is 327 g/mol. The van der Waals surface area contributed by atoms with Crippen molar-refractivity contribution in [2.24, 2.45) is 0 Å². The smallest absolute Gasteiger partial charge is 0.161 e. The third-order valence-corrected chi connectivity index (χ3v) is 4.55. The summed E-state index contributed by atoms with van der Waals surface area (Å²) in [5, 5.41) is 3.54. The Morgan fingerprint density at radius 2 is 1.75 bits per heavy atom. The van der Waals surface area contributed by atoms with E-state index in [0.29, 0.717) is 6.61 Å². The number of aryl methyl sites for hydroxylation is 1. The molecule has 1 aliphatic heterocycles. The van der Waals surface area contributed by atoms with Crippen LogP contribution in [-0.2, 0) is 12.8 Å². The van der Waals surface area contributed by atoms with E-state index in [0.717, 1.165) is 36.6 Å². The van der Waals surface area contributed by atoms with Gasteiger partial charge < -0.3 is 19.5 Å². The third-order valence-electron chi connectivity index (χ3n) is 4.55. The van der Waals surface area contributed by atoms with Gasteiger partial charge in [-0.15, -0.1) is 0 Å². The molecule has 1 N–H and O–H groups in total. The van der Waals surface area contributed by atoms with E-state index in [9.17, 15) is 0 Å². The maximum absolute atomic E-state index is 6.00. The molecule has 1 heterocycles. The van der Waals surface area contributed by atoms with Gasteiger partial charge >= 0.3 is 0 Å². The highest BCUT2D eigenvalue weighted by Gasteiger charge is 2.23. The van der Waals surface area contributed by atoms with Crippen molar-refractivity contribution < 1.29 is 14.2 Å². The lowest BCUT2D eigenvalue weighted by Crippen LogP contribution is -2.33. The largest absolute Gasteiger partial charge is 0.493 e. The Kier molecular flexibility index (Phi) is 5.26. The molecule has 1 aliphatic rings. The number of fused-ring (bicyclic) bond motifs is 1. The molecule has 2 aromatic carbocycles. The molecule has 4 nitrogen and oxygen atoms in total. The van der Waals surface area contributed by atoms with E-state index in [2.05, 4.69) is 36.5 Å². The number of hydrogen-bond acceptors (Lipinski definition) is 4. The van der Waals surface area contributed by atoms with E-state index in [1.807, 2.05) is 12.1 Å². The van der Waals surface area contributed by atoms with Gasteiger partial charge in [0.2, 0.25) is 0 Å². The Balaban J connectivity index is 1.76. The summed E-state index contributed by atoms with van der Waals surface area (Å²) in [5.74, 6) is 2.45. The summed E-state index contributed by atoms with van der Waals surface area (Å²) >= 11 is 0. The molecule has 128 valence electrons. The molecule has 0 fully saturated rings. The number of nitrogens with one attached hydrogen (secondary N) is 1. The van der Waals surface area contributed by atoms with Crippen LogP contribution in [0.3, 0.4) is 0 Å². The molecule has 0 aliphatic carbocycles. The molecular formula is C20H25NO3. The summed E-state index contributed by atoms with van der Waals surface area (Å²) in [4.78, 5) is 0. The Labute approximate surface area is 143 Å².